The minimum absolute atomic E-state index is 0.0944. The largest absolute Gasteiger partial charge is 0.485 e. The van der Waals surface area contributed by atoms with Crippen LogP contribution in [0.1, 0.15) is 0 Å². The summed E-state index contributed by atoms with van der Waals surface area (Å²) < 4.78 is 17.8. The fourth-order valence-corrected chi connectivity index (χ4v) is 0.772. The van der Waals surface area contributed by atoms with E-state index in [0.29, 0.717) is 5.75 Å². The van der Waals surface area contributed by atoms with E-state index >= 15 is 0 Å². The predicted molar refractivity (Wildman–Crippen MR) is 48.0 cm³/mol. The molecule has 4 heteroatoms. The smallest absolute Gasteiger partial charge is 0.139 e. The minimum Gasteiger partial charge on any atom is -0.485 e. The molecule has 0 aromatic carbocycles. The summed E-state index contributed by atoms with van der Waals surface area (Å²) >= 11 is 0. The molecule has 70 valence electrons. The monoisotopic (exact) mass is 182 g/mol. The standard InChI is InChI=1S/C9H11FN2O/c10-8(3-4-11)7-13-9-2-1-5-12-6-9/h1-3,5-6H,4,7,11H2. The Bertz CT molecular complexity index is 274. The van der Waals surface area contributed by atoms with Crippen molar-refractivity contribution in [3.05, 3.63) is 36.4 Å². The van der Waals surface area contributed by atoms with Gasteiger partial charge in [0, 0.05) is 12.7 Å². The zero-order valence-electron chi connectivity index (χ0n) is 7.11. The van der Waals surface area contributed by atoms with Crippen LogP contribution in [0.5, 0.6) is 5.75 Å². The SMILES string of the molecule is NCC=C(F)COc1cccnc1. The molecule has 0 atom stereocenters. The van der Waals surface area contributed by atoms with Crippen LogP contribution < -0.4 is 10.5 Å². The van der Waals surface area contributed by atoms with Crippen molar-refractivity contribution in [1.82, 2.24) is 4.98 Å². The van der Waals surface area contributed by atoms with Crippen LogP contribution in [-0.2, 0) is 0 Å². The highest BCUT2D eigenvalue weighted by Crippen LogP contribution is 2.08. The van der Waals surface area contributed by atoms with Gasteiger partial charge in [0.2, 0.25) is 0 Å². The van der Waals surface area contributed by atoms with Crippen LogP contribution in [-0.4, -0.2) is 18.1 Å². The van der Waals surface area contributed by atoms with Crippen molar-refractivity contribution in [3.63, 3.8) is 0 Å². The fourth-order valence-electron chi connectivity index (χ4n) is 0.772. The molecule has 1 aromatic heterocycles. The van der Waals surface area contributed by atoms with Gasteiger partial charge in [-0.2, -0.15) is 0 Å². The zero-order valence-corrected chi connectivity index (χ0v) is 7.11. The number of pyridine rings is 1. The van der Waals surface area contributed by atoms with Crippen molar-refractivity contribution in [2.75, 3.05) is 13.2 Å². The highest BCUT2D eigenvalue weighted by atomic mass is 19.1. The van der Waals surface area contributed by atoms with Crippen molar-refractivity contribution in [1.29, 1.82) is 0 Å². The first kappa shape index (κ1) is 9.67. The summed E-state index contributed by atoms with van der Waals surface area (Å²) in [7, 11) is 0. The van der Waals surface area contributed by atoms with Crippen LogP contribution in [0.2, 0.25) is 0 Å². The van der Waals surface area contributed by atoms with Gasteiger partial charge in [0.1, 0.15) is 18.2 Å². The number of rotatable bonds is 4. The van der Waals surface area contributed by atoms with Gasteiger partial charge in [0.05, 0.1) is 6.20 Å². The van der Waals surface area contributed by atoms with E-state index in [1.165, 1.54) is 12.3 Å². The maximum Gasteiger partial charge on any atom is 0.139 e. The Morgan fingerprint density at radius 1 is 1.69 bits per heavy atom. The van der Waals surface area contributed by atoms with Crippen LogP contribution in [0.25, 0.3) is 0 Å². The first-order chi connectivity index (χ1) is 6.33. The lowest BCUT2D eigenvalue weighted by molar-refractivity contribution is 0.317. The number of hydrogen-bond donors (Lipinski definition) is 1. The third-order valence-corrected chi connectivity index (χ3v) is 1.35. The number of nitrogens with two attached hydrogens (primary N) is 1. The van der Waals surface area contributed by atoms with Gasteiger partial charge in [-0.1, -0.05) is 0 Å². The molecule has 0 radical (unpaired) electrons. The highest BCUT2D eigenvalue weighted by Gasteiger charge is 1.95. The van der Waals surface area contributed by atoms with Crippen molar-refractivity contribution < 1.29 is 9.13 Å². The molecule has 0 fully saturated rings. The number of ether oxygens (including phenoxy) is 1. The Morgan fingerprint density at radius 3 is 3.15 bits per heavy atom. The summed E-state index contributed by atoms with van der Waals surface area (Å²) in [6, 6.07) is 3.43. The van der Waals surface area contributed by atoms with E-state index < -0.39 is 0 Å². The van der Waals surface area contributed by atoms with E-state index in [9.17, 15) is 4.39 Å². The zero-order chi connectivity index (χ0) is 9.52. The van der Waals surface area contributed by atoms with E-state index in [1.807, 2.05) is 0 Å². The van der Waals surface area contributed by atoms with Crippen LogP contribution in [0.3, 0.4) is 0 Å². The molecule has 0 bridgehead atoms. The topological polar surface area (TPSA) is 48.1 Å². The molecule has 1 aromatic rings. The summed E-state index contributed by atoms with van der Waals surface area (Å²) in [5.41, 5.74) is 5.11. The molecule has 1 rings (SSSR count). The first-order valence-corrected chi connectivity index (χ1v) is 3.90. The lowest BCUT2D eigenvalue weighted by Crippen LogP contribution is -2.01. The summed E-state index contributed by atoms with van der Waals surface area (Å²) in [4.78, 5) is 3.82. The Balaban J connectivity index is 2.39. The molecular formula is C9H11FN2O. The van der Waals surface area contributed by atoms with Crippen LogP contribution in [0.4, 0.5) is 4.39 Å². The van der Waals surface area contributed by atoms with Crippen LogP contribution in [0, 0.1) is 0 Å². The van der Waals surface area contributed by atoms with E-state index in [0.717, 1.165) is 0 Å². The molecule has 2 N–H and O–H groups in total. The van der Waals surface area contributed by atoms with Gasteiger partial charge >= 0.3 is 0 Å². The third kappa shape index (κ3) is 3.66. The van der Waals surface area contributed by atoms with Gasteiger partial charge < -0.3 is 10.5 Å². The van der Waals surface area contributed by atoms with Crippen molar-refractivity contribution in [2.24, 2.45) is 5.73 Å². The second kappa shape index (κ2) is 5.27. The Hall–Kier alpha value is -1.42. The molecule has 1 heterocycles. The van der Waals surface area contributed by atoms with E-state index in [1.54, 1.807) is 18.3 Å². The number of aromatic nitrogens is 1. The Labute approximate surface area is 76.0 Å². The Kier molecular flexibility index (Phi) is 3.92. The van der Waals surface area contributed by atoms with E-state index in [-0.39, 0.29) is 19.0 Å². The fraction of sp³-hybridized carbons (Fsp3) is 0.222. The quantitative estimate of drug-likeness (QED) is 0.762. The number of halogens is 1. The molecule has 0 aliphatic heterocycles. The van der Waals surface area contributed by atoms with Gasteiger partial charge in [-0.3, -0.25) is 4.98 Å². The number of nitrogens with zero attached hydrogens (tertiary/aromatic N) is 1. The maximum atomic E-state index is 12.7. The average Bonchev–Trinajstić information content (AvgIpc) is 2.17. The second-order valence-electron chi connectivity index (χ2n) is 2.36. The third-order valence-electron chi connectivity index (χ3n) is 1.35. The second-order valence-corrected chi connectivity index (χ2v) is 2.36. The summed E-state index contributed by atoms with van der Waals surface area (Å²) in [5.74, 6) is 0.175. The molecule has 0 unspecified atom stereocenters. The first-order valence-electron chi connectivity index (χ1n) is 3.90. The van der Waals surface area contributed by atoms with Crippen LogP contribution >= 0.6 is 0 Å². The molecule has 3 nitrogen and oxygen atoms in total. The molecule has 0 amide bonds. The molecule has 0 saturated heterocycles. The normalized spacial score (nSPS) is 11.4. The maximum absolute atomic E-state index is 12.7. The molecule has 13 heavy (non-hydrogen) atoms. The van der Waals surface area contributed by atoms with E-state index in [4.69, 9.17) is 10.5 Å². The van der Waals surface area contributed by atoms with Crippen LogP contribution in [0.15, 0.2) is 36.4 Å². The Morgan fingerprint density at radius 2 is 2.54 bits per heavy atom. The summed E-state index contributed by atoms with van der Waals surface area (Å²) in [5, 5.41) is 0. The molecule has 0 saturated carbocycles. The molecule has 0 aliphatic carbocycles. The van der Waals surface area contributed by atoms with Gasteiger partial charge in [-0.15, -0.1) is 0 Å². The van der Waals surface area contributed by atoms with Gasteiger partial charge in [-0.25, -0.2) is 4.39 Å². The van der Waals surface area contributed by atoms with Crippen molar-refractivity contribution in [3.8, 4) is 5.75 Å². The minimum atomic E-state index is -0.369. The van der Waals surface area contributed by atoms with Gasteiger partial charge in [-0.05, 0) is 18.2 Å². The van der Waals surface area contributed by atoms with Crippen molar-refractivity contribution in [2.45, 2.75) is 0 Å². The lowest BCUT2D eigenvalue weighted by atomic mass is 10.4. The summed E-state index contributed by atoms with van der Waals surface area (Å²) in [6.45, 7) is 0.0884. The average molecular weight is 182 g/mol. The van der Waals surface area contributed by atoms with E-state index in [2.05, 4.69) is 4.98 Å². The number of hydrogen-bond acceptors (Lipinski definition) is 3. The molecule has 0 spiro atoms. The summed E-state index contributed by atoms with van der Waals surface area (Å²) in [6.07, 6.45) is 4.42. The molecular weight excluding hydrogens is 171 g/mol. The lowest BCUT2D eigenvalue weighted by Gasteiger charge is -2.02. The molecule has 0 aliphatic rings. The van der Waals surface area contributed by atoms with Crippen molar-refractivity contribution >= 4 is 0 Å². The predicted octanol–water partition coefficient (Wildman–Crippen LogP) is 1.27. The highest BCUT2D eigenvalue weighted by molar-refractivity contribution is 5.16. The van der Waals surface area contributed by atoms with Gasteiger partial charge in [0.25, 0.3) is 0 Å². The van der Waals surface area contributed by atoms with Gasteiger partial charge in [0.15, 0.2) is 0 Å².